The van der Waals surface area contributed by atoms with Crippen LogP contribution >= 0.6 is 0 Å². The summed E-state index contributed by atoms with van der Waals surface area (Å²) in [6.07, 6.45) is -2.95. The Morgan fingerprint density at radius 2 is 2.16 bits per heavy atom. The van der Waals surface area contributed by atoms with Crippen molar-refractivity contribution in [2.24, 2.45) is 0 Å². The molecular formula is C15H18F3N5O2. The maximum absolute atomic E-state index is 13.3. The number of furan rings is 1. The van der Waals surface area contributed by atoms with Crippen molar-refractivity contribution >= 4 is 5.91 Å². The Morgan fingerprint density at radius 3 is 2.80 bits per heavy atom. The van der Waals surface area contributed by atoms with Crippen molar-refractivity contribution in [3.8, 4) is 11.5 Å². The van der Waals surface area contributed by atoms with E-state index in [4.69, 9.17) is 4.42 Å². The zero-order valence-electron chi connectivity index (χ0n) is 13.3. The lowest BCUT2D eigenvalue weighted by Crippen LogP contribution is -2.57. The average Bonchev–Trinajstić information content (AvgIpc) is 3.26. The van der Waals surface area contributed by atoms with Crippen LogP contribution in [0.2, 0.25) is 0 Å². The molecule has 136 valence electrons. The van der Waals surface area contributed by atoms with Gasteiger partial charge in [-0.25, -0.2) is 0 Å². The van der Waals surface area contributed by atoms with Crippen LogP contribution in [0.15, 0.2) is 28.9 Å². The van der Waals surface area contributed by atoms with Gasteiger partial charge in [-0.15, -0.1) is 0 Å². The molecule has 0 radical (unpaired) electrons. The lowest BCUT2D eigenvalue weighted by Gasteiger charge is -2.35. The lowest BCUT2D eigenvalue weighted by molar-refractivity contribution is -0.183. The Labute approximate surface area is 141 Å². The summed E-state index contributed by atoms with van der Waals surface area (Å²) in [7, 11) is 0. The summed E-state index contributed by atoms with van der Waals surface area (Å²) in [5.41, 5.74) is 0.484. The summed E-state index contributed by atoms with van der Waals surface area (Å²) < 4.78 is 45.1. The third kappa shape index (κ3) is 4.20. The summed E-state index contributed by atoms with van der Waals surface area (Å²) in [5, 5.41) is 11.8. The molecule has 1 atom stereocenters. The van der Waals surface area contributed by atoms with E-state index in [1.54, 1.807) is 12.1 Å². The van der Waals surface area contributed by atoms with E-state index >= 15 is 0 Å². The number of alkyl halides is 3. The molecule has 0 saturated carbocycles. The molecule has 1 unspecified atom stereocenters. The zero-order valence-corrected chi connectivity index (χ0v) is 13.3. The van der Waals surface area contributed by atoms with Crippen molar-refractivity contribution in [2.75, 3.05) is 32.7 Å². The molecule has 1 fully saturated rings. The smallest absolute Gasteiger partial charge is 0.405 e. The molecule has 0 bridgehead atoms. The number of nitrogens with zero attached hydrogens (tertiary/aromatic N) is 2. The summed E-state index contributed by atoms with van der Waals surface area (Å²) in [6, 6.07) is 3.07. The fourth-order valence-electron chi connectivity index (χ4n) is 2.72. The highest BCUT2D eigenvalue weighted by Gasteiger charge is 2.43. The number of piperazine rings is 1. The standard InChI is InChI=1S/C15H18F3N5O2/c16-15(17,18)13(23-5-3-19-4-6-23)9-20-14(24)11-8-10(21-22-11)12-2-1-7-25-12/h1-2,7-8,13,19H,3-6,9H2,(H,20,24)(H,21,22). The summed E-state index contributed by atoms with van der Waals surface area (Å²) in [6.45, 7) is 1.03. The number of hydrogen-bond acceptors (Lipinski definition) is 5. The molecule has 3 heterocycles. The van der Waals surface area contributed by atoms with Gasteiger partial charge in [0.05, 0.1) is 6.26 Å². The number of carbonyl (C=O) groups is 1. The molecule has 0 spiro atoms. The van der Waals surface area contributed by atoms with E-state index < -0.39 is 24.7 Å². The fraction of sp³-hybridized carbons (Fsp3) is 0.467. The summed E-state index contributed by atoms with van der Waals surface area (Å²) in [4.78, 5) is 13.4. The Bertz CT molecular complexity index is 692. The van der Waals surface area contributed by atoms with E-state index in [2.05, 4.69) is 20.8 Å². The van der Waals surface area contributed by atoms with Crippen molar-refractivity contribution in [2.45, 2.75) is 12.2 Å². The van der Waals surface area contributed by atoms with Gasteiger partial charge in [0.25, 0.3) is 5.91 Å². The summed E-state index contributed by atoms with van der Waals surface area (Å²) >= 11 is 0. The van der Waals surface area contributed by atoms with E-state index in [9.17, 15) is 18.0 Å². The molecule has 1 saturated heterocycles. The Balaban J connectivity index is 1.63. The van der Waals surface area contributed by atoms with Crippen LogP contribution in [0.5, 0.6) is 0 Å². The van der Waals surface area contributed by atoms with Gasteiger partial charge in [0.1, 0.15) is 11.7 Å². The van der Waals surface area contributed by atoms with Crippen LogP contribution in [0.3, 0.4) is 0 Å². The van der Waals surface area contributed by atoms with Crippen LogP contribution in [-0.2, 0) is 0 Å². The van der Waals surface area contributed by atoms with Gasteiger partial charge in [-0.2, -0.15) is 18.3 Å². The predicted octanol–water partition coefficient (Wildman–Crippen LogP) is 1.24. The van der Waals surface area contributed by atoms with Crippen molar-refractivity contribution in [1.29, 1.82) is 0 Å². The second kappa shape index (κ2) is 7.28. The topological polar surface area (TPSA) is 86.2 Å². The minimum absolute atomic E-state index is 0.00707. The molecule has 3 rings (SSSR count). The third-order valence-electron chi connectivity index (χ3n) is 4.02. The lowest BCUT2D eigenvalue weighted by atomic mass is 10.2. The number of rotatable bonds is 5. The predicted molar refractivity (Wildman–Crippen MR) is 82.9 cm³/mol. The first-order chi connectivity index (χ1) is 11.9. The molecule has 1 aliphatic heterocycles. The Hall–Kier alpha value is -2.33. The monoisotopic (exact) mass is 357 g/mol. The molecule has 10 heteroatoms. The van der Waals surface area contributed by atoms with Crippen LogP contribution in [0, 0.1) is 0 Å². The number of carbonyl (C=O) groups excluding carboxylic acids is 1. The molecule has 0 aromatic carbocycles. The van der Waals surface area contributed by atoms with Gasteiger partial charge in [-0.3, -0.25) is 14.8 Å². The van der Waals surface area contributed by atoms with E-state index in [0.29, 0.717) is 24.5 Å². The van der Waals surface area contributed by atoms with Crippen LogP contribution in [0.25, 0.3) is 11.5 Å². The highest BCUT2D eigenvalue weighted by atomic mass is 19.4. The normalized spacial score (nSPS) is 17.4. The van der Waals surface area contributed by atoms with E-state index in [-0.39, 0.29) is 18.8 Å². The number of halogens is 3. The molecule has 2 aromatic heterocycles. The number of nitrogens with one attached hydrogen (secondary N) is 3. The van der Waals surface area contributed by atoms with Crippen molar-refractivity contribution < 1.29 is 22.4 Å². The second-order valence-corrected chi connectivity index (χ2v) is 5.70. The SMILES string of the molecule is O=C(NCC(N1CCNCC1)C(F)(F)F)c1cc(-c2ccco2)[nH]n1. The largest absolute Gasteiger partial charge is 0.463 e. The highest BCUT2D eigenvalue weighted by Crippen LogP contribution is 2.25. The van der Waals surface area contributed by atoms with Gasteiger partial charge in [0, 0.05) is 38.8 Å². The first-order valence-corrected chi connectivity index (χ1v) is 7.84. The summed E-state index contributed by atoms with van der Waals surface area (Å²) in [5.74, 6) is -0.182. The van der Waals surface area contributed by atoms with Crippen LogP contribution in [0.4, 0.5) is 13.2 Å². The zero-order chi connectivity index (χ0) is 17.9. The first-order valence-electron chi connectivity index (χ1n) is 7.84. The third-order valence-corrected chi connectivity index (χ3v) is 4.02. The van der Waals surface area contributed by atoms with Gasteiger partial charge >= 0.3 is 6.18 Å². The van der Waals surface area contributed by atoms with Crippen molar-refractivity contribution in [1.82, 2.24) is 25.7 Å². The van der Waals surface area contributed by atoms with Crippen LogP contribution in [0.1, 0.15) is 10.5 Å². The molecular weight excluding hydrogens is 339 g/mol. The number of hydrogen-bond donors (Lipinski definition) is 3. The number of H-pyrrole nitrogens is 1. The van der Waals surface area contributed by atoms with Crippen molar-refractivity contribution in [3.05, 3.63) is 30.2 Å². The van der Waals surface area contributed by atoms with Gasteiger partial charge in [-0.05, 0) is 12.1 Å². The average molecular weight is 357 g/mol. The molecule has 2 aromatic rings. The van der Waals surface area contributed by atoms with E-state index in [1.165, 1.54) is 17.2 Å². The van der Waals surface area contributed by atoms with Gasteiger partial charge < -0.3 is 15.1 Å². The molecule has 0 aliphatic carbocycles. The maximum atomic E-state index is 13.3. The minimum atomic E-state index is -4.42. The fourth-order valence-corrected chi connectivity index (χ4v) is 2.72. The van der Waals surface area contributed by atoms with Gasteiger partial charge in [-0.1, -0.05) is 0 Å². The quantitative estimate of drug-likeness (QED) is 0.750. The highest BCUT2D eigenvalue weighted by molar-refractivity contribution is 5.93. The molecule has 1 aliphatic rings. The number of aromatic amines is 1. The van der Waals surface area contributed by atoms with E-state index in [0.717, 1.165) is 0 Å². The number of aromatic nitrogens is 2. The van der Waals surface area contributed by atoms with Gasteiger partial charge in [0.15, 0.2) is 11.5 Å². The van der Waals surface area contributed by atoms with E-state index in [1.807, 2.05) is 0 Å². The number of amides is 1. The molecule has 1 amide bonds. The second-order valence-electron chi connectivity index (χ2n) is 5.70. The molecule has 7 nitrogen and oxygen atoms in total. The van der Waals surface area contributed by atoms with Gasteiger partial charge in [0.2, 0.25) is 0 Å². The van der Waals surface area contributed by atoms with Crippen LogP contribution in [-0.4, -0.2) is 65.9 Å². The van der Waals surface area contributed by atoms with Crippen molar-refractivity contribution in [3.63, 3.8) is 0 Å². The molecule has 3 N–H and O–H groups in total. The Morgan fingerprint density at radius 1 is 1.40 bits per heavy atom. The Kier molecular flexibility index (Phi) is 5.09. The molecule has 25 heavy (non-hydrogen) atoms. The minimum Gasteiger partial charge on any atom is -0.463 e. The maximum Gasteiger partial charge on any atom is 0.405 e. The first kappa shape index (κ1) is 17.5. The van der Waals surface area contributed by atoms with Crippen LogP contribution < -0.4 is 10.6 Å².